The van der Waals surface area contributed by atoms with Crippen LogP contribution in [0.2, 0.25) is 0 Å². The van der Waals surface area contributed by atoms with Gasteiger partial charge in [-0.2, -0.15) is 4.99 Å². The molecular formula is C11H10N4O. The number of carbonyl (C=O) groups excluding carboxylic acids is 1. The second-order valence-electron chi connectivity index (χ2n) is 4.15. The molecule has 1 aromatic heterocycles. The summed E-state index contributed by atoms with van der Waals surface area (Å²) in [6, 6.07) is 5.90. The molecule has 1 aliphatic rings. The molecule has 1 fully saturated rings. The van der Waals surface area contributed by atoms with Gasteiger partial charge in [-0.25, -0.2) is 9.48 Å². The van der Waals surface area contributed by atoms with Crippen LogP contribution in [0.15, 0.2) is 23.2 Å². The fourth-order valence-corrected chi connectivity index (χ4v) is 2.00. The molecule has 0 spiro atoms. The smallest absolute Gasteiger partial charge is 0.235 e. The van der Waals surface area contributed by atoms with Gasteiger partial charge in [0.05, 0.1) is 11.1 Å². The highest BCUT2D eigenvalue weighted by molar-refractivity contribution is 5.75. The molecule has 0 N–H and O–H groups in total. The average Bonchev–Trinajstić information content (AvgIpc) is 2.99. The van der Waals surface area contributed by atoms with Crippen molar-refractivity contribution in [1.29, 1.82) is 0 Å². The number of fused-ring (bicyclic) bond motifs is 1. The van der Waals surface area contributed by atoms with Gasteiger partial charge in [-0.15, -0.1) is 5.10 Å². The van der Waals surface area contributed by atoms with Crippen LogP contribution in [0.1, 0.15) is 18.4 Å². The van der Waals surface area contributed by atoms with Crippen molar-refractivity contribution in [1.82, 2.24) is 15.0 Å². The summed E-state index contributed by atoms with van der Waals surface area (Å²) >= 11 is 0. The Bertz CT molecular complexity index is 605. The predicted octanol–water partition coefficient (Wildman–Crippen LogP) is 1.29. The quantitative estimate of drug-likeness (QED) is 0.559. The molecule has 1 heterocycles. The van der Waals surface area contributed by atoms with Crippen LogP contribution in [-0.2, 0) is 17.4 Å². The number of nitrogens with zero attached hydrogens (tertiary/aromatic N) is 4. The van der Waals surface area contributed by atoms with Crippen molar-refractivity contribution in [3.05, 3.63) is 23.8 Å². The zero-order valence-corrected chi connectivity index (χ0v) is 8.84. The van der Waals surface area contributed by atoms with Gasteiger partial charge in [-0.3, -0.25) is 0 Å². The Labute approximate surface area is 91.8 Å². The molecule has 16 heavy (non-hydrogen) atoms. The Hall–Kier alpha value is -2.00. The molecule has 1 aliphatic carbocycles. The second-order valence-corrected chi connectivity index (χ2v) is 4.15. The van der Waals surface area contributed by atoms with Gasteiger partial charge >= 0.3 is 0 Å². The molecule has 0 unspecified atom stereocenters. The predicted molar refractivity (Wildman–Crippen MR) is 57.5 cm³/mol. The van der Waals surface area contributed by atoms with Crippen molar-refractivity contribution >= 4 is 17.1 Å². The summed E-state index contributed by atoms with van der Waals surface area (Å²) in [6.45, 7) is 0. The Morgan fingerprint density at radius 1 is 1.50 bits per heavy atom. The molecule has 0 saturated heterocycles. The van der Waals surface area contributed by atoms with E-state index in [4.69, 9.17) is 0 Å². The Morgan fingerprint density at radius 2 is 2.31 bits per heavy atom. The van der Waals surface area contributed by atoms with Crippen LogP contribution in [-0.4, -0.2) is 21.1 Å². The third kappa shape index (κ3) is 1.19. The summed E-state index contributed by atoms with van der Waals surface area (Å²) in [7, 11) is 1.85. The SMILES string of the molecule is Cn1nnc2cc(C3(N=C=O)CC3)ccc21. The van der Waals surface area contributed by atoms with Gasteiger partial charge in [0.25, 0.3) is 0 Å². The van der Waals surface area contributed by atoms with E-state index in [2.05, 4.69) is 15.3 Å². The Balaban J connectivity index is 2.16. The molecule has 0 radical (unpaired) electrons. The molecule has 0 bridgehead atoms. The fourth-order valence-electron chi connectivity index (χ4n) is 2.00. The van der Waals surface area contributed by atoms with Crippen LogP contribution < -0.4 is 0 Å². The lowest BCUT2D eigenvalue weighted by Gasteiger charge is -2.07. The molecule has 5 nitrogen and oxygen atoms in total. The molecule has 0 amide bonds. The van der Waals surface area contributed by atoms with Gasteiger partial charge < -0.3 is 0 Å². The van der Waals surface area contributed by atoms with E-state index in [9.17, 15) is 4.79 Å². The minimum atomic E-state index is -0.326. The van der Waals surface area contributed by atoms with Crippen LogP contribution in [0.3, 0.4) is 0 Å². The highest BCUT2D eigenvalue weighted by Gasteiger charge is 2.44. The van der Waals surface area contributed by atoms with E-state index in [0.29, 0.717) is 0 Å². The first-order chi connectivity index (χ1) is 7.75. The fraction of sp³-hybridized carbons (Fsp3) is 0.364. The maximum Gasteiger partial charge on any atom is 0.235 e. The van der Waals surface area contributed by atoms with Crippen molar-refractivity contribution in [2.24, 2.45) is 12.0 Å². The first-order valence-electron chi connectivity index (χ1n) is 5.14. The summed E-state index contributed by atoms with van der Waals surface area (Å²) in [5.74, 6) is 0. The minimum absolute atomic E-state index is 0.326. The van der Waals surface area contributed by atoms with Crippen molar-refractivity contribution in [3.63, 3.8) is 0 Å². The minimum Gasteiger partial charge on any atom is -0.248 e. The summed E-state index contributed by atoms with van der Waals surface area (Å²) in [4.78, 5) is 14.3. The van der Waals surface area contributed by atoms with Gasteiger partial charge in [0.2, 0.25) is 6.08 Å². The van der Waals surface area contributed by atoms with E-state index in [-0.39, 0.29) is 5.54 Å². The number of hydrogen-bond donors (Lipinski definition) is 0. The lowest BCUT2D eigenvalue weighted by Crippen LogP contribution is -2.01. The van der Waals surface area contributed by atoms with E-state index in [1.165, 1.54) is 0 Å². The van der Waals surface area contributed by atoms with Crippen molar-refractivity contribution < 1.29 is 4.79 Å². The lowest BCUT2D eigenvalue weighted by molar-refractivity contribution is 0.556. The van der Waals surface area contributed by atoms with Crippen molar-refractivity contribution in [3.8, 4) is 0 Å². The van der Waals surface area contributed by atoms with Crippen molar-refractivity contribution in [2.75, 3.05) is 0 Å². The topological polar surface area (TPSA) is 60.1 Å². The standard InChI is InChI=1S/C11H10N4O/c1-15-10-3-2-8(6-9(10)13-14-15)11(4-5-11)12-7-16/h2-3,6H,4-5H2,1H3. The summed E-state index contributed by atoms with van der Waals surface area (Å²) in [6.07, 6.45) is 3.48. The van der Waals surface area contributed by atoms with Gasteiger partial charge in [-0.1, -0.05) is 11.3 Å². The molecule has 0 aliphatic heterocycles. The number of hydrogen-bond acceptors (Lipinski definition) is 4. The van der Waals surface area contributed by atoms with Crippen LogP contribution >= 0.6 is 0 Å². The number of rotatable bonds is 2. The first kappa shape index (κ1) is 9.24. The number of isocyanates is 1. The molecule has 2 aromatic rings. The van der Waals surface area contributed by atoms with Crippen LogP contribution in [0.4, 0.5) is 0 Å². The van der Waals surface area contributed by atoms with E-state index in [1.54, 1.807) is 10.8 Å². The molecular weight excluding hydrogens is 204 g/mol. The Kier molecular flexibility index (Phi) is 1.73. The van der Waals surface area contributed by atoms with E-state index in [1.807, 2.05) is 25.2 Å². The van der Waals surface area contributed by atoms with E-state index < -0.39 is 0 Å². The maximum atomic E-state index is 10.4. The third-order valence-corrected chi connectivity index (χ3v) is 3.13. The molecule has 5 heteroatoms. The zero-order chi connectivity index (χ0) is 11.2. The normalized spacial score (nSPS) is 17.1. The van der Waals surface area contributed by atoms with E-state index >= 15 is 0 Å². The summed E-state index contributed by atoms with van der Waals surface area (Å²) in [5.41, 5.74) is 2.53. The van der Waals surface area contributed by atoms with Gasteiger partial charge in [0, 0.05) is 7.05 Å². The van der Waals surface area contributed by atoms with Crippen LogP contribution in [0.5, 0.6) is 0 Å². The molecule has 1 aromatic carbocycles. The highest BCUT2D eigenvalue weighted by Crippen LogP contribution is 2.49. The molecule has 1 saturated carbocycles. The van der Waals surface area contributed by atoms with E-state index in [0.717, 1.165) is 29.4 Å². The Morgan fingerprint density at radius 3 is 3.00 bits per heavy atom. The van der Waals surface area contributed by atoms with Crippen molar-refractivity contribution in [2.45, 2.75) is 18.4 Å². The summed E-state index contributed by atoms with van der Waals surface area (Å²) < 4.78 is 1.72. The van der Waals surface area contributed by atoms with Gasteiger partial charge in [0.1, 0.15) is 5.52 Å². The first-order valence-corrected chi connectivity index (χ1v) is 5.14. The number of aromatic nitrogens is 3. The van der Waals surface area contributed by atoms with Crippen LogP contribution in [0.25, 0.3) is 11.0 Å². The second kappa shape index (κ2) is 3.00. The number of aryl methyl sites for hydroxylation is 1. The van der Waals surface area contributed by atoms with Gasteiger partial charge in [-0.05, 0) is 30.5 Å². The molecule has 80 valence electrons. The van der Waals surface area contributed by atoms with Gasteiger partial charge in [0.15, 0.2) is 0 Å². The number of aliphatic imine (C=N–C) groups is 1. The third-order valence-electron chi connectivity index (χ3n) is 3.13. The maximum absolute atomic E-state index is 10.4. The molecule has 3 rings (SSSR count). The zero-order valence-electron chi connectivity index (χ0n) is 8.84. The molecule has 0 atom stereocenters. The summed E-state index contributed by atoms with van der Waals surface area (Å²) in [5, 5.41) is 8.00. The highest BCUT2D eigenvalue weighted by atomic mass is 16.1. The van der Waals surface area contributed by atoms with Crippen LogP contribution in [0, 0.1) is 0 Å². The largest absolute Gasteiger partial charge is 0.248 e. The lowest BCUT2D eigenvalue weighted by atomic mass is 10.1. The monoisotopic (exact) mass is 214 g/mol. The average molecular weight is 214 g/mol. The number of benzene rings is 1.